The van der Waals surface area contributed by atoms with Crippen molar-refractivity contribution in [3.05, 3.63) is 91.0 Å². The summed E-state index contributed by atoms with van der Waals surface area (Å²) in [7, 11) is -3.06. The first-order valence-corrected chi connectivity index (χ1v) is 9.40. The Kier molecular flexibility index (Phi) is 4.71. The van der Waals surface area contributed by atoms with E-state index in [1.54, 1.807) is 0 Å². The fourth-order valence-electron chi connectivity index (χ4n) is 2.38. The van der Waals surface area contributed by atoms with Gasteiger partial charge < -0.3 is 9.88 Å². The van der Waals surface area contributed by atoms with E-state index in [1.165, 1.54) is 0 Å². The third-order valence-corrected chi connectivity index (χ3v) is 7.16. The Morgan fingerprint density at radius 3 is 1.52 bits per heavy atom. The monoisotopic (exact) mass is 337 g/mol. The Bertz CT molecular complexity index is 792. The van der Waals surface area contributed by atoms with Crippen LogP contribution in [0.1, 0.15) is 0 Å². The highest BCUT2D eigenvalue weighted by atomic mass is 32.1. The molecular weight excluding hydrogens is 321 g/mol. The Balaban J connectivity index is 2.06. The van der Waals surface area contributed by atoms with E-state index in [4.69, 9.17) is 12.2 Å². The van der Waals surface area contributed by atoms with Crippen LogP contribution in [-0.2, 0) is 4.57 Å². The summed E-state index contributed by atoms with van der Waals surface area (Å²) in [6.07, 6.45) is 0. The van der Waals surface area contributed by atoms with Crippen LogP contribution in [-0.4, -0.2) is 4.73 Å². The van der Waals surface area contributed by atoms with Gasteiger partial charge in [-0.05, 0) is 12.1 Å². The quantitative estimate of drug-likeness (QED) is 0.565. The zero-order chi connectivity index (χ0) is 16.1. The van der Waals surface area contributed by atoms with Crippen molar-refractivity contribution in [3.63, 3.8) is 0 Å². The summed E-state index contributed by atoms with van der Waals surface area (Å²) >= 11 is 5.56. The van der Waals surface area contributed by atoms with Crippen LogP contribution < -0.4 is 15.9 Å². The van der Waals surface area contributed by atoms with Crippen LogP contribution in [0.5, 0.6) is 0 Å². The molecule has 0 saturated heterocycles. The van der Waals surface area contributed by atoms with Crippen molar-refractivity contribution in [2.45, 2.75) is 0 Å². The Morgan fingerprint density at radius 1 is 0.696 bits per heavy atom. The topological polar surface area (TPSA) is 29.1 Å². The minimum Gasteiger partial charge on any atom is -0.343 e. The molecule has 0 aromatic heterocycles. The normalized spacial score (nSPS) is 11.0. The molecule has 3 aromatic carbocycles. The zero-order valence-corrected chi connectivity index (χ0v) is 14.1. The minimum atomic E-state index is -3.06. The predicted octanol–water partition coefficient (Wildman–Crippen LogP) is 4.40. The zero-order valence-electron chi connectivity index (χ0n) is 12.4. The van der Waals surface area contributed by atoms with Crippen LogP contribution in [0.3, 0.4) is 0 Å². The van der Waals surface area contributed by atoms with E-state index in [0.29, 0.717) is 4.73 Å². The molecule has 3 rings (SSSR count). The average Bonchev–Trinajstić information content (AvgIpc) is 2.63. The maximum absolute atomic E-state index is 13.9. The van der Waals surface area contributed by atoms with Crippen LogP contribution in [0.25, 0.3) is 0 Å². The number of anilines is 1. The van der Waals surface area contributed by atoms with Crippen molar-refractivity contribution in [1.29, 1.82) is 0 Å². The van der Waals surface area contributed by atoms with E-state index >= 15 is 0 Å². The Hall–Kier alpha value is -2.22. The molecule has 1 N–H and O–H groups in total. The number of para-hydroxylation sites is 1. The molecule has 0 amide bonds. The van der Waals surface area contributed by atoms with Crippen molar-refractivity contribution in [3.8, 4) is 0 Å². The maximum Gasteiger partial charge on any atom is 0.197 e. The standard InChI is InChI=1S/C19H16NOPS/c21-22(17-12-6-2-7-13-17,18-14-8-3-9-15-18)19(23)20-16-10-4-1-5-11-16/h1-15H,(H,20,23). The lowest BCUT2D eigenvalue weighted by Crippen LogP contribution is -2.25. The number of benzene rings is 3. The summed E-state index contributed by atoms with van der Waals surface area (Å²) < 4.78 is 14.3. The van der Waals surface area contributed by atoms with Gasteiger partial charge in [-0.1, -0.05) is 91.1 Å². The molecule has 2 nitrogen and oxygen atoms in total. The summed E-state index contributed by atoms with van der Waals surface area (Å²) in [6, 6.07) is 28.4. The second kappa shape index (κ2) is 6.91. The highest BCUT2D eigenvalue weighted by molar-refractivity contribution is 8.08. The van der Waals surface area contributed by atoms with Gasteiger partial charge in [-0.15, -0.1) is 0 Å². The summed E-state index contributed by atoms with van der Waals surface area (Å²) in [5.74, 6) is 0. The number of hydrogen-bond donors (Lipinski definition) is 1. The van der Waals surface area contributed by atoms with E-state index in [1.807, 2.05) is 91.0 Å². The van der Waals surface area contributed by atoms with Crippen molar-refractivity contribution in [1.82, 2.24) is 0 Å². The highest BCUT2D eigenvalue weighted by Crippen LogP contribution is 2.45. The first-order valence-electron chi connectivity index (χ1n) is 7.29. The van der Waals surface area contributed by atoms with Gasteiger partial charge in [0.15, 0.2) is 7.14 Å². The van der Waals surface area contributed by atoms with Gasteiger partial charge >= 0.3 is 0 Å². The Morgan fingerprint density at radius 2 is 1.09 bits per heavy atom. The van der Waals surface area contributed by atoms with Crippen LogP contribution in [0.4, 0.5) is 5.69 Å². The molecule has 0 atom stereocenters. The van der Waals surface area contributed by atoms with Crippen LogP contribution in [0.2, 0.25) is 0 Å². The molecule has 23 heavy (non-hydrogen) atoms. The van der Waals surface area contributed by atoms with Gasteiger partial charge in [0.25, 0.3) is 0 Å². The smallest absolute Gasteiger partial charge is 0.197 e. The number of rotatable bonds is 4. The third-order valence-electron chi connectivity index (χ3n) is 3.55. The highest BCUT2D eigenvalue weighted by Gasteiger charge is 2.32. The summed E-state index contributed by atoms with van der Waals surface area (Å²) in [5.41, 5.74) is 0.838. The van der Waals surface area contributed by atoms with Crippen LogP contribution in [0, 0.1) is 0 Å². The van der Waals surface area contributed by atoms with Gasteiger partial charge in [0, 0.05) is 16.3 Å². The third kappa shape index (κ3) is 3.26. The summed E-state index contributed by atoms with van der Waals surface area (Å²) in [5, 5.41) is 4.62. The van der Waals surface area contributed by atoms with Crippen molar-refractivity contribution >= 4 is 40.4 Å². The molecule has 0 fully saturated rings. The molecule has 0 unspecified atom stereocenters. The molecule has 114 valence electrons. The molecule has 0 aliphatic rings. The van der Waals surface area contributed by atoms with Gasteiger partial charge in [-0.25, -0.2) is 0 Å². The van der Waals surface area contributed by atoms with Gasteiger partial charge in [0.2, 0.25) is 0 Å². The second-order valence-electron chi connectivity index (χ2n) is 5.08. The summed E-state index contributed by atoms with van der Waals surface area (Å²) in [4.78, 5) is 0. The van der Waals surface area contributed by atoms with Gasteiger partial charge in [-0.3, -0.25) is 0 Å². The van der Waals surface area contributed by atoms with Crippen molar-refractivity contribution < 1.29 is 4.57 Å². The lowest BCUT2D eigenvalue weighted by Gasteiger charge is -2.21. The van der Waals surface area contributed by atoms with Crippen molar-refractivity contribution in [2.75, 3.05) is 5.32 Å². The van der Waals surface area contributed by atoms with Gasteiger partial charge in [-0.2, -0.15) is 0 Å². The first-order chi connectivity index (χ1) is 11.2. The fourth-order valence-corrected chi connectivity index (χ4v) is 5.37. The predicted molar refractivity (Wildman–Crippen MR) is 102 cm³/mol. The molecular formula is C19H16NOPS. The van der Waals surface area contributed by atoms with Gasteiger partial charge in [0.1, 0.15) is 4.73 Å². The average molecular weight is 337 g/mol. The van der Waals surface area contributed by atoms with Crippen molar-refractivity contribution in [2.24, 2.45) is 0 Å². The molecule has 0 spiro atoms. The number of nitrogens with one attached hydrogen (secondary N) is 1. The van der Waals surface area contributed by atoms with Crippen LogP contribution in [0.15, 0.2) is 91.0 Å². The largest absolute Gasteiger partial charge is 0.343 e. The second-order valence-corrected chi connectivity index (χ2v) is 8.49. The lowest BCUT2D eigenvalue weighted by molar-refractivity contribution is 0.594. The fraction of sp³-hybridized carbons (Fsp3) is 0. The van der Waals surface area contributed by atoms with E-state index in [9.17, 15) is 4.57 Å². The molecule has 0 heterocycles. The lowest BCUT2D eigenvalue weighted by atomic mass is 10.3. The molecule has 4 heteroatoms. The molecule has 0 aliphatic carbocycles. The van der Waals surface area contributed by atoms with E-state index in [0.717, 1.165) is 16.3 Å². The summed E-state index contributed by atoms with van der Waals surface area (Å²) in [6.45, 7) is 0. The first kappa shape index (κ1) is 15.7. The van der Waals surface area contributed by atoms with Crippen LogP contribution >= 0.6 is 19.4 Å². The molecule has 3 aromatic rings. The van der Waals surface area contributed by atoms with E-state index < -0.39 is 7.14 Å². The molecule has 0 aliphatic heterocycles. The molecule has 0 radical (unpaired) electrons. The Labute approximate surface area is 141 Å². The molecule has 0 bridgehead atoms. The van der Waals surface area contributed by atoms with E-state index in [-0.39, 0.29) is 0 Å². The van der Waals surface area contributed by atoms with E-state index in [2.05, 4.69) is 5.32 Å². The van der Waals surface area contributed by atoms with Gasteiger partial charge in [0.05, 0.1) is 0 Å². The maximum atomic E-state index is 13.9. The minimum absolute atomic E-state index is 0.348. The molecule has 0 saturated carbocycles. The number of thiocarbonyl (C=S) groups is 1. The SMILES string of the molecule is O=P(C(=S)Nc1ccccc1)(c1ccccc1)c1ccccc1. The number of hydrogen-bond acceptors (Lipinski definition) is 2.